The zero-order valence-electron chi connectivity index (χ0n) is 16.7. The molecule has 2 aromatic rings. The van der Waals surface area contributed by atoms with Crippen molar-refractivity contribution in [3.63, 3.8) is 0 Å². The third-order valence-electron chi connectivity index (χ3n) is 5.05. The van der Waals surface area contributed by atoms with Crippen molar-refractivity contribution in [2.75, 3.05) is 20.2 Å². The molecule has 3 heterocycles. The molecule has 0 radical (unpaired) electrons. The summed E-state index contributed by atoms with van der Waals surface area (Å²) in [5, 5.41) is 16.6. The van der Waals surface area contributed by atoms with Gasteiger partial charge in [-0.25, -0.2) is 9.79 Å². The normalized spacial score (nSPS) is 22.9. The lowest BCUT2D eigenvalue weighted by Crippen LogP contribution is -2.65. The van der Waals surface area contributed by atoms with Crippen molar-refractivity contribution in [3.8, 4) is 5.75 Å². The molecule has 164 valence electrons. The summed E-state index contributed by atoms with van der Waals surface area (Å²) in [5.41, 5.74) is 0. The van der Waals surface area contributed by atoms with Gasteiger partial charge in [-0.15, -0.1) is 0 Å². The molecule has 10 nitrogen and oxygen atoms in total. The Labute approximate surface area is 183 Å². The fourth-order valence-corrected chi connectivity index (χ4v) is 3.60. The number of hydrogen-bond acceptors (Lipinski definition) is 6. The van der Waals surface area contributed by atoms with Gasteiger partial charge in [-0.05, 0) is 36.4 Å². The molecule has 3 unspecified atom stereocenters. The maximum atomic E-state index is 12.6. The van der Waals surface area contributed by atoms with Gasteiger partial charge in [-0.3, -0.25) is 10.1 Å². The molecule has 11 heteroatoms. The van der Waals surface area contributed by atoms with Gasteiger partial charge in [0, 0.05) is 12.1 Å². The average molecular weight is 448 g/mol. The highest BCUT2D eigenvalue weighted by atomic mass is 35.5. The minimum Gasteiger partial charge on any atom is -0.491 e. The predicted octanol–water partition coefficient (Wildman–Crippen LogP) is 1.01. The van der Waals surface area contributed by atoms with Crippen LogP contribution >= 0.6 is 11.6 Å². The maximum Gasteiger partial charge on any atom is 0.325 e. The van der Waals surface area contributed by atoms with Gasteiger partial charge >= 0.3 is 6.03 Å². The molecule has 2 aliphatic heterocycles. The fraction of sp³-hybridized carbons (Fsp3) is 0.350. The zero-order valence-corrected chi connectivity index (χ0v) is 17.5. The summed E-state index contributed by atoms with van der Waals surface area (Å²) >= 11 is 5.87. The zero-order chi connectivity index (χ0) is 22.0. The Morgan fingerprint density at radius 2 is 2.06 bits per heavy atom. The molecule has 3 N–H and O–H groups in total. The minimum absolute atomic E-state index is 0.00261. The molecule has 4 rings (SSSR count). The molecule has 1 aromatic heterocycles. The molecule has 1 aromatic carbocycles. The van der Waals surface area contributed by atoms with E-state index in [4.69, 9.17) is 20.8 Å². The quantitative estimate of drug-likeness (QED) is 0.579. The molecule has 2 saturated heterocycles. The van der Waals surface area contributed by atoms with E-state index in [2.05, 4.69) is 15.6 Å². The molecule has 3 atom stereocenters. The van der Waals surface area contributed by atoms with Gasteiger partial charge < -0.3 is 29.4 Å². The smallest absolute Gasteiger partial charge is 0.325 e. The van der Waals surface area contributed by atoms with Gasteiger partial charge in [0.25, 0.3) is 5.91 Å². The van der Waals surface area contributed by atoms with Gasteiger partial charge in [0.2, 0.25) is 0 Å². The van der Waals surface area contributed by atoms with E-state index in [1.165, 1.54) is 4.90 Å². The Balaban J connectivity index is 1.49. The van der Waals surface area contributed by atoms with Gasteiger partial charge in [0.15, 0.2) is 12.0 Å². The monoisotopic (exact) mass is 447 g/mol. The highest BCUT2D eigenvalue weighted by Gasteiger charge is 2.50. The van der Waals surface area contributed by atoms with Crippen molar-refractivity contribution in [3.05, 3.63) is 53.4 Å². The second-order valence-corrected chi connectivity index (χ2v) is 7.67. The summed E-state index contributed by atoms with van der Waals surface area (Å²) < 4.78 is 10.9. The van der Waals surface area contributed by atoms with Crippen LogP contribution in [-0.2, 0) is 11.3 Å². The van der Waals surface area contributed by atoms with Crippen LogP contribution in [0.4, 0.5) is 4.79 Å². The summed E-state index contributed by atoms with van der Waals surface area (Å²) in [7, 11) is 1.58. The number of carbonyl (C=O) groups excluding carboxylic acids is 2. The number of benzene rings is 1. The first-order valence-electron chi connectivity index (χ1n) is 9.66. The molecular weight excluding hydrogens is 426 g/mol. The highest BCUT2D eigenvalue weighted by molar-refractivity contribution is 6.30. The largest absolute Gasteiger partial charge is 0.491 e. The van der Waals surface area contributed by atoms with Crippen LogP contribution < -0.4 is 15.4 Å². The van der Waals surface area contributed by atoms with Gasteiger partial charge in [0.1, 0.15) is 36.9 Å². The summed E-state index contributed by atoms with van der Waals surface area (Å²) in [4.78, 5) is 32.1. The molecule has 2 aliphatic rings. The molecule has 31 heavy (non-hydrogen) atoms. The van der Waals surface area contributed by atoms with Gasteiger partial charge in [-0.2, -0.15) is 0 Å². The number of aliphatic imine (C=N–C) groups is 1. The van der Waals surface area contributed by atoms with Crippen LogP contribution in [0.1, 0.15) is 5.76 Å². The fourth-order valence-electron chi connectivity index (χ4n) is 3.48. The summed E-state index contributed by atoms with van der Waals surface area (Å²) in [6.45, 7) is 0.299. The van der Waals surface area contributed by atoms with Crippen molar-refractivity contribution in [2.45, 2.75) is 24.9 Å². The number of likely N-dealkylation sites (N-methyl/N-ethyl adjacent to an activating group) is 1. The van der Waals surface area contributed by atoms with E-state index in [1.807, 2.05) is 0 Å². The number of fused-ring (bicyclic) bond motifs is 1. The maximum absolute atomic E-state index is 12.6. The minimum atomic E-state index is -0.930. The number of nitrogens with zero attached hydrogens (tertiary/aromatic N) is 3. The van der Waals surface area contributed by atoms with Crippen molar-refractivity contribution >= 4 is 29.5 Å². The third-order valence-corrected chi connectivity index (χ3v) is 5.30. The van der Waals surface area contributed by atoms with Crippen LogP contribution in [0.5, 0.6) is 5.75 Å². The van der Waals surface area contributed by atoms with Crippen LogP contribution in [0.15, 0.2) is 52.1 Å². The Kier molecular flexibility index (Phi) is 6.01. The molecule has 0 saturated carbocycles. The second-order valence-electron chi connectivity index (χ2n) is 7.23. The molecular formula is C20H22ClN5O5. The number of halogens is 1. The van der Waals surface area contributed by atoms with E-state index >= 15 is 0 Å². The lowest BCUT2D eigenvalue weighted by molar-refractivity contribution is -0.127. The number of urea groups is 1. The van der Waals surface area contributed by atoms with E-state index < -0.39 is 30.2 Å². The van der Waals surface area contributed by atoms with Crippen molar-refractivity contribution < 1.29 is 23.8 Å². The molecule has 0 bridgehead atoms. The number of imide groups is 1. The number of furan rings is 1. The van der Waals surface area contributed by atoms with E-state index in [9.17, 15) is 14.7 Å². The summed E-state index contributed by atoms with van der Waals surface area (Å²) in [5.74, 6) is 1.13. The number of rotatable bonds is 7. The number of nitrogens with one attached hydrogen (secondary N) is 2. The molecule has 0 aliphatic carbocycles. The van der Waals surface area contributed by atoms with Crippen LogP contribution in [0, 0.1) is 0 Å². The van der Waals surface area contributed by atoms with E-state index in [0.29, 0.717) is 22.5 Å². The Morgan fingerprint density at radius 3 is 2.77 bits per heavy atom. The highest BCUT2D eigenvalue weighted by Crippen LogP contribution is 2.22. The van der Waals surface area contributed by atoms with E-state index in [1.54, 1.807) is 54.6 Å². The Morgan fingerprint density at radius 1 is 1.29 bits per heavy atom. The Bertz CT molecular complexity index is 965. The first-order valence-corrected chi connectivity index (χ1v) is 10.0. The number of amides is 3. The average Bonchev–Trinajstić information content (AvgIpc) is 3.38. The van der Waals surface area contributed by atoms with Crippen LogP contribution in [0.3, 0.4) is 0 Å². The van der Waals surface area contributed by atoms with Crippen LogP contribution in [0.25, 0.3) is 0 Å². The SMILES string of the molecule is CN1C(=O)NC(=O)C2C1NC(=NCc1ccco1)N2CC(O)COc1ccc(Cl)cc1. The topological polar surface area (TPSA) is 120 Å². The number of aliphatic hydroxyl groups is 1. The number of guanidine groups is 1. The molecule has 0 spiro atoms. The summed E-state index contributed by atoms with van der Waals surface area (Å²) in [6.07, 6.45) is 0.00846. The third kappa shape index (κ3) is 4.59. The predicted molar refractivity (Wildman–Crippen MR) is 112 cm³/mol. The number of β-amino-alcohol motifs (C(OH)–C–C–N with tert-alkyl or cyclic N) is 1. The molecule has 2 fully saturated rings. The van der Waals surface area contributed by atoms with Gasteiger partial charge in [0.05, 0.1) is 12.8 Å². The lowest BCUT2D eigenvalue weighted by Gasteiger charge is -2.35. The lowest BCUT2D eigenvalue weighted by atomic mass is 10.1. The number of ether oxygens (including phenoxy) is 1. The standard InChI is InChI=1S/C20H22ClN5O5/c1-25-17-16(18(28)24-20(25)29)26(19(23-17)22-9-15-3-2-8-30-15)10-13(27)11-31-14-6-4-12(21)5-7-14/h2-8,13,16-17,27H,9-11H2,1H3,(H,22,23)(H,24,28,29). The van der Waals surface area contributed by atoms with E-state index in [-0.39, 0.29) is 19.7 Å². The number of aliphatic hydroxyl groups excluding tert-OH is 1. The summed E-state index contributed by atoms with van der Waals surface area (Å²) in [6, 6.07) is 9.08. The van der Waals surface area contributed by atoms with Crippen molar-refractivity contribution in [1.29, 1.82) is 0 Å². The first-order chi connectivity index (χ1) is 14.9. The van der Waals surface area contributed by atoms with Crippen LogP contribution in [-0.4, -0.2) is 71.3 Å². The number of carbonyl (C=O) groups is 2. The van der Waals surface area contributed by atoms with E-state index in [0.717, 1.165) is 0 Å². The van der Waals surface area contributed by atoms with Crippen molar-refractivity contribution in [1.82, 2.24) is 20.4 Å². The number of hydrogen-bond donors (Lipinski definition) is 3. The first kappa shape index (κ1) is 21.0. The van der Waals surface area contributed by atoms with Crippen molar-refractivity contribution in [2.24, 2.45) is 4.99 Å². The molecule has 3 amide bonds. The second kappa shape index (κ2) is 8.86. The van der Waals surface area contributed by atoms with Gasteiger partial charge in [-0.1, -0.05) is 11.6 Å². The Hall–Kier alpha value is -3.24. The van der Waals surface area contributed by atoms with Crippen LogP contribution in [0.2, 0.25) is 5.02 Å².